The van der Waals surface area contributed by atoms with Gasteiger partial charge in [0.1, 0.15) is 22.1 Å². The van der Waals surface area contributed by atoms with Gasteiger partial charge >= 0.3 is 0 Å². The summed E-state index contributed by atoms with van der Waals surface area (Å²) in [6.45, 7) is 2.36. The normalized spacial score (nSPS) is 11.1. The summed E-state index contributed by atoms with van der Waals surface area (Å²) in [6.07, 6.45) is 0. The molecule has 0 saturated carbocycles. The van der Waals surface area contributed by atoms with E-state index in [0.717, 1.165) is 21.5 Å². The number of carbonyl (C=O) groups excluding carboxylic acids is 1. The molecule has 0 spiro atoms. The molecular weight excluding hydrogens is 471 g/mol. The van der Waals surface area contributed by atoms with Crippen molar-refractivity contribution in [2.45, 2.75) is 13.5 Å². The Balaban J connectivity index is 1.36. The van der Waals surface area contributed by atoms with Crippen molar-refractivity contribution in [2.24, 2.45) is 0 Å². The molecule has 35 heavy (non-hydrogen) atoms. The Bertz CT molecular complexity index is 1520. The van der Waals surface area contributed by atoms with E-state index in [1.54, 1.807) is 50.6 Å². The second kappa shape index (κ2) is 9.18. The number of methoxy groups -OCH3 is 2. The molecule has 1 amide bonds. The molecule has 2 aromatic carbocycles. The number of nitrogens with zero attached hydrogens (tertiary/aromatic N) is 4. The van der Waals surface area contributed by atoms with Gasteiger partial charge in [-0.3, -0.25) is 19.9 Å². The van der Waals surface area contributed by atoms with Crippen molar-refractivity contribution in [3.8, 4) is 22.9 Å². The molecular formula is C24H21FN6O3S. The topological polar surface area (TPSA) is 107 Å². The fourth-order valence-electron chi connectivity index (χ4n) is 3.69. The minimum absolute atomic E-state index is 0.144. The maximum Gasteiger partial charge on any atom is 0.268 e. The van der Waals surface area contributed by atoms with Gasteiger partial charge < -0.3 is 9.47 Å². The fourth-order valence-corrected chi connectivity index (χ4v) is 4.75. The summed E-state index contributed by atoms with van der Waals surface area (Å²) in [5.41, 5.74) is 2.40. The van der Waals surface area contributed by atoms with Crippen LogP contribution < -0.4 is 14.8 Å². The zero-order chi connectivity index (χ0) is 24.5. The van der Waals surface area contributed by atoms with Gasteiger partial charge in [0.05, 0.1) is 36.9 Å². The van der Waals surface area contributed by atoms with Crippen LogP contribution in [0.15, 0.2) is 48.5 Å². The first-order chi connectivity index (χ1) is 16.9. The van der Waals surface area contributed by atoms with Crippen LogP contribution >= 0.6 is 11.3 Å². The molecule has 0 unspecified atom stereocenters. The van der Waals surface area contributed by atoms with Crippen LogP contribution in [0.4, 0.5) is 10.3 Å². The third kappa shape index (κ3) is 4.45. The Morgan fingerprint density at radius 2 is 1.94 bits per heavy atom. The predicted octanol–water partition coefficient (Wildman–Crippen LogP) is 4.65. The Morgan fingerprint density at radius 3 is 2.69 bits per heavy atom. The summed E-state index contributed by atoms with van der Waals surface area (Å²) in [4.78, 5) is 18.7. The lowest BCUT2D eigenvalue weighted by molar-refractivity contribution is 0.102. The first kappa shape index (κ1) is 22.5. The number of fused-ring (bicyclic) bond motifs is 1. The number of rotatable bonds is 7. The number of anilines is 1. The van der Waals surface area contributed by atoms with Crippen molar-refractivity contribution in [1.82, 2.24) is 25.0 Å². The number of hydrogen-bond donors (Lipinski definition) is 2. The van der Waals surface area contributed by atoms with Crippen LogP contribution in [-0.4, -0.2) is 45.1 Å². The molecule has 0 bridgehead atoms. The lowest BCUT2D eigenvalue weighted by atomic mass is 10.2. The molecule has 0 aliphatic carbocycles. The van der Waals surface area contributed by atoms with Crippen molar-refractivity contribution in [3.63, 3.8) is 0 Å². The van der Waals surface area contributed by atoms with Gasteiger partial charge in [-0.05, 0) is 42.8 Å². The van der Waals surface area contributed by atoms with Crippen LogP contribution in [0.5, 0.6) is 11.5 Å². The Hall–Kier alpha value is -4.25. The highest BCUT2D eigenvalue weighted by atomic mass is 32.1. The number of ether oxygens (including phenoxy) is 2. The molecule has 3 heterocycles. The summed E-state index contributed by atoms with van der Waals surface area (Å²) < 4.78 is 25.7. The van der Waals surface area contributed by atoms with Crippen molar-refractivity contribution in [1.29, 1.82) is 0 Å². The van der Waals surface area contributed by atoms with Gasteiger partial charge in [-0.25, -0.2) is 4.39 Å². The van der Waals surface area contributed by atoms with Gasteiger partial charge in [-0.1, -0.05) is 12.1 Å². The molecule has 0 fully saturated rings. The molecule has 5 rings (SSSR count). The zero-order valence-corrected chi connectivity index (χ0v) is 19.9. The number of aromatic nitrogens is 5. The largest absolute Gasteiger partial charge is 0.497 e. The predicted molar refractivity (Wildman–Crippen MR) is 131 cm³/mol. The van der Waals surface area contributed by atoms with E-state index in [2.05, 4.69) is 25.6 Å². The van der Waals surface area contributed by atoms with Crippen LogP contribution in [0.3, 0.4) is 0 Å². The summed E-state index contributed by atoms with van der Waals surface area (Å²) in [7, 11) is 3.13. The van der Waals surface area contributed by atoms with Gasteiger partial charge in [0.2, 0.25) is 5.95 Å². The van der Waals surface area contributed by atoms with E-state index < -0.39 is 0 Å². The molecule has 5 aromatic rings. The zero-order valence-electron chi connectivity index (χ0n) is 19.1. The van der Waals surface area contributed by atoms with E-state index in [0.29, 0.717) is 34.3 Å². The van der Waals surface area contributed by atoms with Gasteiger partial charge in [-0.15, -0.1) is 16.4 Å². The average Bonchev–Trinajstić information content (AvgIpc) is 3.58. The van der Waals surface area contributed by atoms with Gasteiger partial charge in [-0.2, -0.15) is 10.1 Å². The van der Waals surface area contributed by atoms with E-state index >= 15 is 0 Å². The second-order valence-corrected chi connectivity index (χ2v) is 8.76. The van der Waals surface area contributed by atoms with E-state index in [1.165, 1.54) is 23.5 Å². The van der Waals surface area contributed by atoms with E-state index in [4.69, 9.17) is 9.47 Å². The van der Waals surface area contributed by atoms with Crippen molar-refractivity contribution < 1.29 is 18.7 Å². The van der Waals surface area contributed by atoms with Crippen molar-refractivity contribution >= 4 is 33.4 Å². The van der Waals surface area contributed by atoms with Crippen LogP contribution in [0.25, 0.3) is 21.6 Å². The lowest BCUT2D eigenvalue weighted by Gasteiger charge is -2.07. The highest BCUT2D eigenvalue weighted by Crippen LogP contribution is 2.32. The highest BCUT2D eigenvalue weighted by Gasteiger charge is 2.19. The second-order valence-electron chi connectivity index (χ2n) is 7.73. The number of thiophene rings is 1. The van der Waals surface area contributed by atoms with Crippen LogP contribution in [0.2, 0.25) is 0 Å². The number of nitrogens with one attached hydrogen (secondary N) is 2. The Kier molecular flexibility index (Phi) is 5.91. The first-order valence-corrected chi connectivity index (χ1v) is 11.4. The monoisotopic (exact) mass is 492 g/mol. The van der Waals surface area contributed by atoms with Gasteiger partial charge in [0, 0.05) is 11.5 Å². The number of amides is 1. The SMILES string of the molecule is COc1ccc(-c2nc(NC(=O)c3cc4c(C)nn(Cc5ccc(F)cc5)c4s3)n[nH]2)c(OC)c1. The van der Waals surface area contributed by atoms with Crippen molar-refractivity contribution in [3.05, 3.63) is 70.5 Å². The molecule has 0 aliphatic heterocycles. The number of benzene rings is 2. The summed E-state index contributed by atoms with van der Waals surface area (Å²) in [6, 6.07) is 13.4. The summed E-state index contributed by atoms with van der Waals surface area (Å²) in [5, 5.41) is 15.1. The molecule has 9 nitrogen and oxygen atoms in total. The average molecular weight is 493 g/mol. The summed E-state index contributed by atoms with van der Waals surface area (Å²) >= 11 is 1.32. The minimum Gasteiger partial charge on any atom is -0.497 e. The van der Waals surface area contributed by atoms with Crippen molar-refractivity contribution in [2.75, 3.05) is 19.5 Å². The molecule has 0 aliphatic rings. The lowest BCUT2D eigenvalue weighted by Crippen LogP contribution is -2.11. The standard InChI is InChI=1S/C24H21FN6O3S/c1-13-18-11-20(35-23(18)31(30-13)12-14-4-6-15(25)7-5-14)22(32)27-24-26-21(28-29-24)17-9-8-16(33-2)10-19(17)34-3/h4-11H,12H2,1-3H3,(H2,26,27,28,29,32). The molecule has 0 radical (unpaired) electrons. The highest BCUT2D eigenvalue weighted by molar-refractivity contribution is 7.20. The smallest absolute Gasteiger partial charge is 0.268 e. The summed E-state index contributed by atoms with van der Waals surface area (Å²) in [5.74, 6) is 1.19. The molecule has 11 heteroatoms. The van der Waals surface area contributed by atoms with Crippen LogP contribution in [0.1, 0.15) is 20.9 Å². The third-order valence-corrected chi connectivity index (χ3v) is 6.60. The molecule has 178 valence electrons. The van der Waals surface area contributed by atoms with Crippen LogP contribution in [-0.2, 0) is 6.54 Å². The number of aromatic amines is 1. The molecule has 0 saturated heterocycles. The minimum atomic E-state index is -0.328. The van der Waals surface area contributed by atoms with E-state index in [-0.39, 0.29) is 17.7 Å². The maximum atomic E-state index is 13.2. The molecule has 2 N–H and O–H groups in total. The van der Waals surface area contributed by atoms with Crippen LogP contribution in [0, 0.1) is 12.7 Å². The van der Waals surface area contributed by atoms with Gasteiger partial charge in [0.15, 0.2) is 5.82 Å². The maximum absolute atomic E-state index is 13.2. The van der Waals surface area contributed by atoms with Gasteiger partial charge in [0.25, 0.3) is 5.91 Å². The molecule has 0 atom stereocenters. The molecule has 3 aromatic heterocycles. The Morgan fingerprint density at radius 1 is 1.14 bits per heavy atom. The number of halogens is 1. The third-order valence-electron chi connectivity index (χ3n) is 5.45. The van der Waals surface area contributed by atoms with E-state index in [9.17, 15) is 9.18 Å². The quantitative estimate of drug-likeness (QED) is 0.343. The van der Waals surface area contributed by atoms with E-state index in [1.807, 2.05) is 11.6 Å². The number of hydrogen-bond acceptors (Lipinski definition) is 7. The first-order valence-electron chi connectivity index (χ1n) is 10.6. The number of aryl methyl sites for hydroxylation is 1. The Labute approximate surface area is 203 Å². The fraction of sp³-hybridized carbons (Fsp3) is 0.167. The number of carbonyl (C=O) groups is 1. The number of H-pyrrole nitrogens is 1.